The average Bonchev–Trinajstić information content (AvgIpc) is 2.71. The van der Waals surface area contributed by atoms with Gasteiger partial charge in [-0.05, 0) is 60.0 Å². The molecule has 0 atom stereocenters. The number of rotatable bonds is 8. The van der Waals surface area contributed by atoms with Gasteiger partial charge in [0.2, 0.25) is 0 Å². The molecule has 0 radical (unpaired) electrons. The Morgan fingerprint density at radius 3 is 2.50 bits per heavy atom. The van der Waals surface area contributed by atoms with Gasteiger partial charge in [-0.3, -0.25) is 0 Å². The molecule has 0 aromatic heterocycles. The highest BCUT2D eigenvalue weighted by atomic mass is 35.5. The number of aromatic hydroxyl groups is 1. The highest BCUT2D eigenvalue weighted by molar-refractivity contribution is 7.99. The third-order valence-electron chi connectivity index (χ3n) is 4.26. The average molecular weight is 416 g/mol. The molecule has 0 spiro atoms. The van der Waals surface area contributed by atoms with Gasteiger partial charge in [0.05, 0.1) is 12.8 Å². The normalized spacial score (nSPS) is 10.7. The second kappa shape index (κ2) is 9.73. The summed E-state index contributed by atoms with van der Waals surface area (Å²) in [6.07, 6.45) is 0.352. The van der Waals surface area contributed by atoms with Crippen LogP contribution in [-0.4, -0.2) is 23.9 Å². The van der Waals surface area contributed by atoms with E-state index in [-0.39, 0.29) is 12.4 Å². The number of halogens is 1. The van der Waals surface area contributed by atoms with E-state index in [1.807, 2.05) is 36.4 Å². The van der Waals surface area contributed by atoms with Crippen LogP contribution in [0, 0.1) is 0 Å². The lowest BCUT2D eigenvalue weighted by Gasteiger charge is -2.14. The zero-order valence-electron chi connectivity index (χ0n) is 15.5. The predicted molar refractivity (Wildman–Crippen MR) is 115 cm³/mol. The Kier molecular flexibility index (Phi) is 7.09. The molecule has 6 heteroatoms. The fourth-order valence-electron chi connectivity index (χ4n) is 2.81. The van der Waals surface area contributed by atoms with Crippen LogP contribution in [0.1, 0.15) is 11.1 Å². The molecule has 0 aliphatic rings. The van der Waals surface area contributed by atoms with Crippen LogP contribution in [0.3, 0.4) is 0 Å². The van der Waals surface area contributed by atoms with Gasteiger partial charge in [-0.1, -0.05) is 41.6 Å². The molecule has 0 saturated heterocycles. The van der Waals surface area contributed by atoms with Crippen LogP contribution in [0.25, 0.3) is 0 Å². The number of nitrogens with one attached hydrogen (secondary N) is 1. The summed E-state index contributed by atoms with van der Waals surface area (Å²) >= 11 is 7.83. The van der Waals surface area contributed by atoms with E-state index in [1.54, 1.807) is 31.0 Å². The summed E-state index contributed by atoms with van der Waals surface area (Å²) in [4.78, 5) is 2.24. The van der Waals surface area contributed by atoms with Gasteiger partial charge >= 0.3 is 0 Å². The van der Waals surface area contributed by atoms with Crippen molar-refractivity contribution in [2.45, 2.75) is 22.8 Å². The smallest absolute Gasteiger partial charge is 0.142 e. The van der Waals surface area contributed by atoms with Crippen molar-refractivity contribution in [1.82, 2.24) is 0 Å². The Morgan fingerprint density at radius 1 is 1.04 bits per heavy atom. The first kappa shape index (κ1) is 20.4. The van der Waals surface area contributed by atoms with Crippen molar-refractivity contribution >= 4 is 29.1 Å². The van der Waals surface area contributed by atoms with Crippen molar-refractivity contribution in [2.75, 3.05) is 19.0 Å². The maximum absolute atomic E-state index is 10.4. The first-order valence-electron chi connectivity index (χ1n) is 8.86. The van der Waals surface area contributed by atoms with Crippen LogP contribution < -0.4 is 10.1 Å². The molecule has 3 aromatic carbocycles. The molecule has 0 saturated carbocycles. The number of aliphatic hydroxyl groups excluding tert-OH is 1. The standard InChI is InChI=1S/C22H22ClNO3S/c1-27-18-6-8-19(9-7-18)28-21-5-3-2-4-16(21)14-24-20-13-17(23)12-15(10-11-25)22(20)26/h2-9,12-13,24-26H,10-11,14H2,1H3. The molecule has 0 aliphatic heterocycles. The first-order valence-corrected chi connectivity index (χ1v) is 10.1. The molecular formula is C22H22ClNO3S. The molecule has 3 aromatic rings. The third kappa shape index (κ3) is 5.13. The van der Waals surface area contributed by atoms with E-state index in [9.17, 15) is 5.11 Å². The fourth-order valence-corrected chi connectivity index (χ4v) is 4.00. The minimum Gasteiger partial charge on any atom is -0.505 e. The number of ether oxygens (including phenoxy) is 1. The molecule has 0 aliphatic carbocycles. The molecule has 3 N–H and O–H groups in total. The van der Waals surface area contributed by atoms with E-state index >= 15 is 0 Å². The van der Waals surface area contributed by atoms with Crippen molar-refractivity contribution < 1.29 is 14.9 Å². The summed E-state index contributed by atoms with van der Waals surface area (Å²) in [6, 6.07) is 19.4. The summed E-state index contributed by atoms with van der Waals surface area (Å²) < 4.78 is 5.21. The van der Waals surface area contributed by atoms with E-state index in [0.29, 0.717) is 29.2 Å². The van der Waals surface area contributed by atoms with Crippen LogP contribution in [0.15, 0.2) is 70.5 Å². The van der Waals surface area contributed by atoms with Gasteiger partial charge in [0.25, 0.3) is 0 Å². The summed E-state index contributed by atoms with van der Waals surface area (Å²) in [7, 11) is 1.65. The van der Waals surface area contributed by atoms with Gasteiger partial charge < -0.3 is 20.3 Å². The fraction of sp³-hybridized carbons (Fsp3) is 0.182. The Morgan fingerprint density at radius 2 is 1.79 bits per heavy atom. The number of methoxy groups -OCH3 is 1. The van der Waals surface area contributed by atoms with Crippen molar-refractivity contribution in [2.24, 2.45) is 0 Å². The second-order valence-electron chi connectivity index (χ2n) is 6.17. The van der Waals surface area contributed by atoms with E-state index in [0.717, 1.165) is 21.1 Å². The molecule has 0 heterocycles. The lowest BCUT2D eigenvalue weighted by atomic mass is 10.1. The van der Waals surface area contributed by atoms with Gasteiger partial charge in [-0.15, -0.1) is 0 Å². The predicted octanol–water partition coefficient (Wildman–Crippen LogP) is 5.35. The van der Waals surface area contributed by atoms with Crippen LogP contribution in [0.2, 0.25) is 5.02 Å². The molecule has 4 nitrogen and oxygen atoms in total. The summed E-state index contributed by atoms with van der Waals surface area (Å²) in [6.45, 7) is 0.487. The third-order valence-corrected chi connectivity index (χ3v) is 5.61. The molecule has 0 fully saturated rings. The summed E-state index contributed by atoms with van der Waals surface area (Å²) in [5, 5.41) is 23.4. The number of hydrogen-bond acceptors (Lipinski definition) is 5. The maximum atomic E-state index is 10.4. The van der Waals surface area contributed by atoms with E-state index in [4.69, 9.17) is 21.4 Å². The maximum Gasteiger partial charge on any atom is 0.142 e. The molecule has 28 heavy (non-hydrogen) atoms. The number of phenolic OH excluding ortho intramolecular Hbond substituents is 1. The minimum absolute atomic E-state index is 0.0469. The van der Waals surface area contributed by atoms with E-state index < -0.39 is 0 Å². The highest BCUT2D eigenvalue weighted by Crippen LogP contribution is 2.34. The van der Waals surface area contributed by atoms with Gasteiger partial charge in [0.1, 0.15) is 11.5 Å². The number of hydrogen-bond donors (Lipinski definition) is 3. The Labute approximate surface area is 174 Å². The first-order chi connectivity index (χ1) is 13.6. The van der Waals surface area contributed by atoms with Crippen molar-refractivity contribution in [3.05, 3.63) is 76.8 Å². The molecule has 0 bridgehead atoms. The Balaban J connectivity index is 1.77. The molecule has 0 unspecified atom stereocenters. The van der Waals surface area contributed by atoms with Crippen LogP contribution >= 0.6 is 23.4 Å². The van der Waals surface area contributed by atoms with Crippen LogP contribution in [-0.2, 0) is 13.0 Å². The van der Waals surface area contributed by atoms with Gasteiger partial charge in [0.15, 0.2) is 0 Å². The topological polar surface area (TPSA) is 61.7 Å². The van der Waals surface area contributed by atoms with Crippen molar-refractivity contribution in [3.8, 4) is 11.5 Å². The number of phenols is 1. The lowest BCUT2D eigenvalue weighted by molar-refractivity contribution is 0.297. The lowest BCUT2D eigenvalue weighted by Crippen LogP contribution is -2.03. The number of aliphatic hydroxyl groups is 1. The molecule has 0 amide bonds. The SMILES string of the molecule is COc1ccc(Sc2ccccc2CNc2cc(Cl)cc(CCO)c2O)cc1. The van der Waals surface area contributed by atoms with Gasteiger partial charge in [0, 0.05) is 28.0 Å². The van der Waals surface area contributed by atoms with Crippen molar-refractivity contribution in [3.63, 3.8) is 0 Å². The van der Waals surface area contributed by atoms with Gasteiger partial charge in [-0.2, -0.15) is 0 Å². The number of benzene rings is 3. The van der Waals surface area contributed by atoms with E-state index in [1.165, 1.54) is 0 Å². The largest absolute Gasteiger partial charge is 0.505 e. The van der Waals surface area contributed by atoms with Crippen LogP contribution in [0.4, 0.5) is 5.69 Å². The quantitative estimate of drug-likeness (QED) is 0.433. The second-order valence-corrected chi connectivity index (χ2v) is 7.73. The van der Waals surface area contributed by atoms with Gasteiger partial charge in [-0.25, -0.2) is 0 Å². The Bertz CT molecular complexity index is 932. The minimum atomic E-state index is -0.0469. The summed E-state index contributed by atoms with van der Waals surface area (Å²) in [5.41, 5.74) is 2.28. The monoisotopic (exact) mass is 415 g/mol. The zero-order chi connectivity index (χ0) is 19.9. The molecule has 146 valence electrons. The highest BCUT2D eigenvalue weighted by Gasteiger charge is 2.11. The van der Waals surface area contributed by atoms with E-state index in [2.05, 4.69) is 17.4 Å². The van der Waals surface area contributed by atoms with Crippen molar-refractivity contribution in [1.29, 1.82) is 0 Å². The number of anilines is 1. The Hall–Kier alpha value is -2.34. The molecule has 3 rings (SSSR count). The molecular weight excluding hydrogens is 394 g/mol. The van der Waals surface area contributed by atoms with Crippen LogP contribution in [0.5, 0.6) is 11.5 Å². The zero-order valence-corrected chi connectivity index (χ0v) is 17.1. The summed E-state index contributed by atoms with van der Waals surface area (Å²) in [5.74, 6) is 0.952.